The lowest BCUT2D eigenvalue weighted by Gasteiger charge is -2.28. The van der Waals surface area contributed by atoms with Crippen LogP contribution in [0.3, 0.4) is 0 Å². The second-order valence-electron chi connectivity index (χ2n) is 7.14. The van der Waals surface area contributed by atoms with Crippen LogP contribution < -0.4 is 5.32 Å². The van der Waals surface area contributed by atoms with Crippen LogP contribution in [0.25, 0.3) is 10.4 Å². The minimum absolute atomic E-state index is 0.100. The van der Waals surface area contributed by atoms with E-state index in [4.69, 9.17) is 15.4 Å². The number of hydrogen-bond donors (Lipinski definition) is 1. The lowest BCUT2D eigenvalue weighted by Crippen LogP contribution is -2.38. The zero-order valence-corrected chi connectivity index (χ0v) is 18.1. The van der Waals surface area contributed by atoms with Crippen molar-refractivity contribution in [2.45, 2.75) is 62.5 Å². The molecular weight excluding hydrogens is 420 g/mol. The predicted octanol–water partition coefficient (Wildman–Crippen LogP) is 4.90. The molecule has 1 amide bonds. The molecule has 28 heavy (non-hydrogen) atoms. The van der Waals surface area contributed by atoms with Crippen molar-refractivity contribution in [1.82, 2.24) is 10.3 Å². The number of hydrogen-bond acceptors (Lipinski definition) is 6. The summed E-state index contributed by atoms with van der Waals surface area (Å²) in [4.78, 5) is 17.2. The van der Waals surface area contributed by atoms with Gasteiger partial charge in [0, 0.05) is 34.4 Å². The van der Waals surface area contributed by atoms with Crippen LogP contribution in [-0.2, 0) is 13.8 Å². The maximum Gasteiger partial charge on any atom is 0.407 e. The van der Waals surface area contributed by atoms with E-state index in [0.717, 1.165) is 35.6 Å². The standard InChI is InChI=1S/C19H23ClN2O4S2/c1-12(2)26-19(23)22-14-9-7-13(8-10-14)18-21-11-16(27-18)15-5-3-4-6-17(15)28(20,24)25/h3-6,11-14H,7-10H2,1-2H3,(H,22,23). The van der Waals surface area contributed by atoms with Crippen molar-refractivity contribution >= 4 is 37.2 Å². The zero-order valence-electron chi connectivity index (χ0n) is 15.7. The third-order valence-corrected chi connectivity index (χ3v) is 7.25. The molecule has 9 heteroatoms. The second kappa shape index (κ2) is 8.80. The first-order valence-corrected chi connectivity index (χ1v) is 12.3. The average molecular weight is 443 g/mol. The SMILES string of the molecule is CC(C)OC(=O)NC1CCC(c2ncc(-c3ccccc3S(=O)(=O)Cl)s2)CC1. The van der Waals surface area contributed by atoms with E-state index in [9.17, 15) is 13.2 Å². The maximum absolute atomic E-state index is 11.8. The molecule has 0 unspecified atom stereocenters. The molecule has 3 rings (SSSR count). The normalized spacial score (nSPS) is 20.1. The number of rotatable bonds is 5. The zero-order chi connectivity index (χ0) is 20.3. The number of halogens is 1. The van der Waals surface area contributed by atoms with Gasteiger partial charge < -0.3 is 10.1 Å². The number of nitrogens with one attached hydrogen (secondary N) is 1. The third kappa shape index (κ3) is 5.24. The van der Waals surface area contributed by atoms with E-state index in [2.05, 4.69) is 10.3 Å². The van der Waals surface area contributed by atoms with Gasteiger partial charge in [0.1, 0.15) is 0 Å². The Morgan fingerprint density at radius 2 is 1.93 bits per heavy atom. The van der Waals surface area contributed by atoms with Crippen LogP contribution in [0.5, 0.6) is 0 Å². The summed E-state index contributed by atoms with van der Waals surface area (Å²) in [5.41, 5.74) is 0.577. The van der Waals surface area contributed by atoms with Crippen molar-refractivity contribution < 1.29 is 17.9 Å². The number of nitrogens with zero attached hydrogens (tertiary/aromatic N) is 1. The van der Waals surface area contributed by atoms with Crippen molar-refractivity contribution in [2.24, 2.45) is 0 Å². The molecule has 0 saturated heterocycles. The van der Waals surface area contributed by atoms with Crippen LogP contribution in [0, 0.1) is 0 Å². The van der Waals surface area contributed by atoms with Gasteiger partial charge in [-0.05, 0) is 45.6 Å². The van der Waals surface area contributed by atoms with Crippen LogP contribution in [0.1, 0.15) is 50.5 Å². The van der Waals surface area contributed by atoms with Gasteiger partial charge in [-0.3, -0.25) is 0 Å². The van der Waals surface area contributed by atoms with E-state index < -0.39 is 9.05 Å². The highest BCUT2D eigenvalue weighted by Crippen LogP contribution is 2.39. The summed E-state index contributed by atoms with van der Waals surface area (Å²) in [6, 6.07) is 6.80. The highest BCUT2D eigenvalue weighted by molar-refractivity contribution is 8.13. The van der Waals surface area contributed by atoms with Gasteiger partial charge in [-0.15, -0.1) is 11.3 Å². The summed E-state index contributed by atoms with van der Waals surface area (Å²) < 4.78 is 28.8. The number of thiazole rings is 1. The number of amides is 1. The van der Waals surface area contributed by atoms with Gasteiger partial charge >= 0.3 is 6.09 Å². The molecule has 6 nitrogen and oxygen atoms in total. The molecule has 0 radical (unpaired) electrons. The second-order valence-corrected chi connectivity index (χ2v) is 10.7. The summed E-state index contributed by atoms with van der Waals surface area (Å²) in [7, 11) is 1.74. The third-order valence-electron chi connectivity index (χ3n) is 4.68. The van der Waals surface area contributed by atoms with Crippen LogP contribution in [0.4, 0.5) is 4.79 Å². The molecular formula is C19H23ClN2O4S2. The van der Waals surface area contributed by atoms with Gasteiger partial charge in [-0.1, -0.05) is 18.2 Å². The van der Waals surface area contributed by atoms with E-state index in [0.29, 0.717) is 11.5 Å². The summed E-state index contributed by atoms with van der Waals surface area (Å²) in [5, 5.41) is 3.90. The Balaban J connectivity index is 1.66. The Bertz CT molecular complexity index is 935. The fourth-order valence-corrected chi connectivity index (χ4v) is 5.66. The number of carbonyl (C=O) groups excluding carboxylic acids is 1. The number of aromatic nitrogens is 1. The van der Waals surface area contributed by atoms with E-state index in [1.54, 1.807) is 24.4 Å². The monoisotopic (exact) mass is 442 g/mol. The van der Waals surface area contributed by atoms with Gasteiger partial charge in [0.25, 0.3) is 9.05 Å². The fourth-order valence-electron chi connectivity index (χ4n) is 3.38. The van der Waals surface area contributed by atoms with Gasteiger partial charge in [-0.2, -0.15) is 0 Å². The lowest BCUT2D eigenvalue weighted by molar-refractivity contribution is 0.109. The van der Waals surface area contributed by atoms with E-state index in [1.807, 2.05) is 13.8 Å². The van der Waals surface area contributed by atoms with Gasteiger partial charge in [0.15, 0.2) is 0 Å². The molecule has 1 aromatic heterocycles. The highest BCUT2D eigenvalue weighted by Gasteiger charge is 2.27. The minimum Gasteiger partial charge on any atom is -0.447 e. The topological polar surface area (TPSA) is 85.4 Å². The number of alkyl carbamates (subject to hydrolysis) is 1. The smallest absolute Gasteiger partial charge is 0.407 e. The quantitative estimate of drug-likeness (QED) is 0.665. The molecule has 152 valence electrons. The van der Waals surface area contributed by atoms with Gasteiger partial charge in [0.2, 0.25) is 0 Å². The molecule has 1 aliphatic carbocycles. The summed E-state index contributed by atoms with van der Waals surface area (Å²) in [5.74, 6) is 0.303. The summed E-state index contributed by atoms with van der Waals surface area (Å²) in [6.45, 7) is 3.65. The van der Waals surface area contributed by atoms with Crippen LogP contribution in [0.15, 0.2) is 35.4 Å². The van der Waals surface area contributed by atoms with Crippen LogP contribution in [-0.4, -0.2) is 31.6 Å². The lowest BCUT2D eigenvalue weighted by atomic mass is 9.86. The molecule has 2 aromatic rings. The predicted molar refractivity (Wildman–Crippen MR) is 110 cm³/mol. The van der Waals surface area contributed by atoms with Crippen molar-refractivity contribution in [3.8, 4) is 10.4 Å². The number of carbonyl (C=O) groups is 1. The maximum atomic E-state index is 11.8. The first kappa shape index (κ1) is 21.1. The molecule has 1 fully saturated rings. The fraction of sp³-hybridized carbons (Fsp3) is 0.474. The van der Waals surface area contributed by atoms with Crippen LogP contribution >= 0.6 is 22.0 Å². The minimum atomic E-state index is -3.83. The Hall–Kier alpha value is -1.64. The van der Waals surface area contributed by atoms with Crippen molar-refractivity contribution in [1.29, 1.82) is 0 Å². The molecule has 0 spiro atoms. The molecule has 1 N–H and O–H groups in total. The molecule has 1 aliphatic rings. The molecule has 1 heterocycles. The molecule has 0 bridgehead atoms. The van der Waals surface area contributed by atoms with Gasteiger partial charge in [0.05, 0.1) is 20.9 Å². The molecule has 0 atom stereocenters. The summed E-state index contributed by atoms with van der Waals surface area (Å²) >= 11 is 1.50. The molecule has 1 aromatic carbocycles. The van der Waals surface area contributed by atoms with E-state index >= 15 is 0 Å². The largest absolute Gasteiger partial charge is 0.447 e. The van der Waals surface area contributed by atoms with Crippen molar-refractivity contribution in [2.75, 3.05) is 0 Å². The average Bonchev–Trinajstić information content (AvgIpc) is 3.11. The Morgan fingerprint density at radius 3 is 2.57 bits per heavy atom. The molecule has 1 saturated carbocycles. The summed E-state index contributed by atoms with van der Waals surface area (Å²) in [6.07, 6.45) is 4.76. The highest BCUT2D eigenvalue weighted by atomic mass is 35.7. The van der Waals surface area contributed by atoms with Crippen molar-refractivity contribution in [3.63, 3.8) is 0 Å². The number of ether oxygens (including phenoxy) is 1. The van der Waals surface area contributed by atoms with Crippen LogP contribution in [0.2, 0.25) is 0 Å². The molecule has 0 aliphatic heterocycles. The number of benzene rings is 1. The first-order chi connectivity index (χ1) is 13.2. The Morgan fingerprint density at radius 1 is 1.25 bits per heavy atom. The van der Waals surface area contributed by atoms with E-state index in [-0.39, 0.29) is 23.1 Å². The Labute approximate surface area is 173 Å². The van der Waals surface area contributed by atoms with E-state index in [1.165, 1.54) is 17.4 Å². The first-order valence-electron chi connectivity index (χ1n) is 9.21. The van der Waals surface area contributed by atoms with Crippen molar-refractivity contribution in [3.05, 3.63) is 35.5 Å². The van der Waals surface area contributed by atoms with Gasteiger partial charge in [-0.25, -0.2) is 18.2 Å². The Kier molecular flexibility index (Phi) is 6.62.